The van der Waals surface area contributed by atoms with Crippen molar-refractivity contribution in [1.82, 2.24) is 4.98 Å². The minimum absolute atomic E-state index is 0.0327. The van der Waals surface area contributed by atoms with Crippen LogP contribution >= 0.6 is 11.8 Å². The number of aromatic nitrogens is 1. The van der Waals surface area contributed by atoms with Crippen molar-refractivity contribution in [3.63, 3.8) is 0 Å². The second-order valence-corrected chi connectivity index (χ2v) is 5.14. The first-order chi connectivity index (χ1) is 9.15. The standard InChI is InChI=1S/C14H15N3OS/c1-10-8-11(15)2-3-13(10)17-14(18)9-19-12-4-6-16-7-5-12/h2-8H,9,15H2,1H3,(H,17,18). The van der Waals surface area contributed by atoms with Crippen molar-refractivity contribution < 1.29 is 4.79 Å². The number of thioether (sulfide) groups is 1. The first-order valence-corrected chi connectivity index (χ1v) is 6.82. The molecule has 2 rings (SSSR count). The number of nitrogen functional groups attached to an aromatic ring is 1. The Labute approximate surface area is 116 Å². The van der Waals surface area contributed by atoms with Gasteiger partial charge in [0.25, 0.3) is 0 Å². The van der Waals surface area contributed by atoms with Gasteiger partial charge in [-0.15, -0.1) is 11.8 Å². The van der Waals surface area contributed by atoms with Gasteiger partial charge in [0.05, 0.1) is 5.75 Å². The summed E-state index contributed by atoms with van der Waals surface area (Å²) in [6, 6.07) is 9.20. The predicted molar refractivity (Wildman–Crippen MR) is 79.2 cm³/mol. The lowest BCUT2D eigenvalue weighted by Crippen LogP contribution is -2.14. The number of aryl methyl sites for hydroxylation is 1. The van der Waals surface area contributed by atoms with E-state index in [4.69, 9.17) is 5.73 Å². The van der Waals surface area contributed by atoms with Crippen molar-refractivity contribution in [2.45, 2.75) is 11.8 Å². The van der Waals surface area contributed by atoms with Crippen molar-refractivity contribution in [1.29, 1.82) is 0 Å². The van der Waals surface area contributed by atoms with Gasteiger partial charge >= 0.3 is 0 Å². The number of carbonyl (C=O) groups is 1. The lowest BCUT2D eigenvalue weighted by molar-refractivity contribution is -0.113. The van der Waals surface area contributed by atoms with Gasteiger partial charge in [-0.25, -0.2) is 0 Å². The van der Waals surface area contributed by atoms with Gasteiger partial charge in [0.15, 0.2) is 0 Å². The molecule has 0 saturated carbocycles. The maximum atomic E-state index is 11.8. The number of nitrogens with two attached hydrogens (primary N) is 1. The van der Waals surface area contributed by atoms with E-state index in [1.54, 1.807) is 18.5 Å². The van der Waals surface area contributed by atoms with Crippen LogP contribution in [0.1, 0.15) is 5.56 Å². The Hall–Kier alpha value is -2.01. The molecule has 0 aliphatic heterocycles. The van der Waals surface area contributed by atoms with Crippen LogP contribution in [0.25, 0.3) is 0 Å². The van der Waals surface area contributed by atoms with E-state index in [9.17, 15) is 4.79 Å². The summed E-state index contributed by atoms with van der Waals surface area (Å²) in [5.74, 6) is 0.336. The van der Waals surface area contributed by atoms with Gasteiger partial charge in [0.2, 0.25) is 5.91 Å². The molecule has 0 unspecified atom stereocenters. The van der Waals surface area contributed by atoms with Gasteiger partial charge in [-0.1, -0.05) is 0 Å². The maximum Gasteiger partial charge on any atom is 0.234 e. The van der Waals surface area contributed by atoms with Gasteiger partial charge in [-0.3, -0.25) is 9.78 Å². The van der Waals surface area contributed by atoms with Crippen LogP contribution in [-0.2, 0) is 4.79 Å². The second kappa shape index (κ2) is 6.24. The highest BCUT2D eigenvalue weighted by Gasteiger charge is 2.05. The number of benzene rings is 1. The third kappa shape index (κ3) is 3.99. The molecule has 0 aliphatic rings. The van der Waals surface area contributed by atoms with E-state index < -0.39 is 0 Å². The monoisotopic (exact) mass is 273 g/mol. The van der Waals surface area contributed by atoms with Gasteiger partial charge in [-0.05, 0) is 42.8 Å². The highest BCUT2D eigenvalue weighted by Crippen LogP contribution is 2.19. The summed E-state index contributed by atoms with van der Waals surface area (Å²) in [6.07, 6.45) is 3.43. The van der Waals surface area contributed by atoms with Crippen LogP contribution < -0.4 is 11.1 Å². The largest absolute Gasteiger partial charge is 0.399 e. The van der Waals surface area contributed by atoms with Gasteiger partial charge < -0.3 is 11.1 Å². The molecule has 2 aromatic rings. The summed E-state index contributed by atoms with van der Waals surface area (Å²) >= 11 is 1.48. The van der Waals surface area contributed by atoms with E-state index >= 15 is 0 Å². The zero-order valence-corrected chi connectivity index (χ0v) is 11.4. The third-order valence-electron chi connectivity index (χ3n) is 2.54. The van der Waals surface area contributed by atoms with E-state index in [2.05, 4.69) is 10.3 Å². The van der Waals surface area contributed by atoms with Crippen molar-refractivity contribution >= 4 is 29.0 Å². The average molecular weight is 273 g/mol. The quantitative estimate of drug-likeness (QED) is 0.664. The topological polar surface area (TPSA) is 68.0 Å². The number of nitrogens with zero attached hydrogens (tertiary/aromatic N) is 1. The Morgan fingerprint density at radius 3 is 2.74 bits per heavy atom. The lowest BCUT2D eigenvalue weighted by Gasteiger charge is -2.08. The number of rotatable bonds is 4. The molecule has 5 heteroatoms. The molecule has 0 saturated heterocycles. The Balaban J connectivity index is 1.91. The van der Waals surface area contributed by atoms with E-state index in [0.717, 1.165) is 16.1 Å². The van der Waals surface area contributed by atoms with Crippen molar-refractivity contribution in [2.75, 3.05) is 16.8 Å². The van der Waals surface area contributed by atoms with Gasteiger partial charge in [0.1, 0.15) is 0 Å². The van der Waals surface area contributed by atoms with Crippen LogP contribution in [0.5, 0.6) is 0 Å². The zero-order chi connectivity index (χ0) is 13.7. The SMILES string of the molecule is Cc1cc(N)ccc1NC(=O)CSc1ccncc1. The first kappa shape index (κ1) is 13.4. The van der Waals surface area contributed by atoms with E-state index in [1.165, 1.54) is 11.8 Å². The molecule has 1 aromatic carbocycles. The average Bonchev–Trinajstić information content (AvgIpc) is 2.41. The summed E-state index contributed by atoms with van der Waals surface area (Å²) in [6.45, 7) is 1.92. The molecule has 19 heavy (non-hydrogen) atoms. The minimum Gasteiger partial charge on any atom is -0.399 e. The molecule has 3 N–H and O–H groups in total. The fourth-order valence-corrected chi connectivity index (χ4v) is 2.28. The summed E-state index contributed by atoms with van der Waals surface area (Å²) in [5, 5.41) is 2.88. The van der Waals surface area contributed by atoms with Crippen LogP contribution in [0.2, 0.25) is 0 Å². The van der Waals surface area contributed by atoms with E-state index in [0.29, 0.717) is 11.4 Å². The fraction of sp³-hybridized carbons (Fsp3) is 0.143. The maximum absolute atomic E-state index is 11.8. The van der Waals surface area contributed by atoms with Crippen LogP contribution in [0.4, 0.5) is 11.4 Å². The van der Waals surface area contributed by atoms with Crippen LogP contribution in [0.3, 0.4) is 0 Å². The van der Waals surface area contributed by atoms with Crippen molar-refractivity contribution in [3.05, 3.63) is 48.3 Å². The molecular formula is C14H15N3OS. The highest BCUT2D eigenvalue weighted by atomic mass is 32.2. The molecule has 1 aromatic heterocycles. The smallest absolute Gasteiger partial charge is 0.234 e. The van der Waals surface area contributed by atoms with Crippen LogP contribution in [0.15, 0.2) is 47.6 Å². The zero-order valence-electron chi connectivity index (χ0n) is 10.6. The number of anilines is 2. The summed E-state index contributed by atoms with van der Waals surface area (Å²) in [4.78, 5) is 16.8. The fourth-order valence-electron chi connectivity index (χ4n) is 1.60. The summed E-state index contributed by atoms with van der Waals surface area (Å²) in [5.41, 5.74) is 8.13. The highest BCUT2D eigenvalue weighted by molar-refractivity contribution is 8.00. The Bertz CT molecular complexity index is 572. The van der Waals surface area contributed by atoms with E-state index in [1.807, 2.05) is 31.2 Å². The number of pyridine rings is 1. The van der Waals surface area contributed by atoms with Gasteiger partial charge in [0, 0.05) is 28.7 Å². The van der Waals surface area contributed by atoms with Crippen LogP contribution in [-0.4, -0.2) is 16.6 Å². The minimum atomic E-state index is -0.0327. The lowest BCUT2D eigenvalue weighted by atomic mass is 10.2. The number of hydrogen-bond acceptors (Lipinski definition) is 4. The normalized spacial score (nSPS) is 10.2. The summed E-state index contributed by atoms with van der Waals surface area (Å²) in [7, 11) is 0. The Morgan fingerprint density at radius 1 is 1.32 bits per heavy atom. The molecule has 1 heterocycles. The third-order valence-corrected chi connectivity index (χ3v) is 3.56. The number of hydrogen-bond donors (Lipinski definition) is 2. The Kier molecular flexibility index (Phi) is 4.41. The van der Waals surface area contributed by atoms with Crippen molar-refractivity contribution in [3.8, 4) is 0 Å². The first-order valence-electron chi connectivity index (χ1n) is 5.84. The Morgan fingerprint density at radius 2 is 2.05 bits per heavy atom. The summed E-state index contributed by atoms with van der Waals surface area (Å²) < 4.78 is 0. The number of amides is 1. The molecular weight excluding hydrogens is 258 g/mol. The molecule has 0 radical (unpaired) electrons. The molecule has 1 amide bonds. The van der Waals surface area contributed by atoms with Crippen LogP contribution in [0, 0.1) is 6.92 Å². The molecule has 0 atom stereocenters. The van der Waals surface area contributed by atoms with E-state index in [-0.39, 0.29) is 5.91 Å². The number of nitrogens with one attached hydrogen (secondary N) is 1. The number of carbonyl (C=O) groups excluding carboxylic acids is 1. The van der Waals surface area contributed by atoms with Crippen molar-refractivity contribution in [2.24, 2.45) is 0 Å². The molecule has 0 aliphatic carbocycles. The predicted octanol–water partition coefficient (Wildman–Crippen LogP) is 2.70. The second-order valence-electron chi connectivity index (χ2n) is 4.09. The van der Waals surface area contributed by atoms with Gasteiger partial charge in [-0.2, -0.15) is 0 Å². The molecule has 0 spiro atoms. The molecule has 4 nitrogen and oxygen atoms in total. The molecule has 98 valence electrons. The molecule has 0 bridgehead atoms. The molecule has 0 fully saturated rings.